The smallest absolute Gasteiger partial charge is 0.229 e. The van der Waals surface area contributed by atoms with Crippen molar-refractivity contribution in [1.82, 2.24) is 0 Å². The maximum absolute atomic E-state index is 8.76. The molecule has 0 atom stereocenters. The number of aryl methyl sites for hydroxylation is 2. The van der Waals surface area contributed by atoms with Gasteiger partial charge in [-0.05, 0) is 42.3 Å². The molecule has 0 aliphatic heterocycles. The van der Waals surface area contributed by atoms with Gasteiger partial charge in [0.05, 0.1) is 12.1 Å². The van der Waals surface area contributed by atoms with Gasteiger partial charge in [0, 0.05) is 29.8 Å². The van der Waals surface area contributed by atoms with Crippen LogP contribution < -0.4 is 4.57 Å². The number of benzene rings is 2. The molecule has 0 bridgehead atoms. The van der Waals surface area contributed by atoms with Crippen molar-refractivity contribution in [2.24, 2.45) is 12.5 Å². The van der Waals surface area contributed by atoms with E-state index in [0.29, 0.717) is 44.3 Å². The molecule has 2 heterocycles. The third kappa shape index (κ3) is 3.29. The molecular weight excluding hydrogens is 356 g/mol. The maximum atomic E-state index is 8.76. The Balaban J connectivity index is 2.20. The molecule has 0 aliphatic rings. The van der Waals surface area contributed by atoms with Crippen LogP contribution in [-0.4, -0.2) is 0 Å². The minimum absolute atomic E-state index is 0.107. The summed E-state index contributed by atoms with van der Waals surface area (Å²) in [6.45, 7) is 12.3. The first-order valence-electron chi connectivity index (χ1n) is 12.5. The molecule has 2 aromatic heterocycles. The number of hydrogen-bond donors (Lipinski definition) is 0. The number of rotatable bonds is 2. The Morgan fingerprint density at radius 2 is 2.00 bits per heavy atom. The van der Waals surface area contributed by atoms with Crippen molar-refractivity contribution >= 4 is 27.6 Å². The van der Waals surface area contributed by atoms with E-state index in [1.807, 2.05) is 20.8 Å². The van der Waals surface area contributed by atoms with E-state index < -0.39 is 18.6 Å². The van der Waals surface area contributed by atoms with Gasteiger partial charge in [0.25, 0.3) is 0 Å². The van der Waals surface area contributed by atoms with Gasteiger partial charge < -0.3 is 4.42 Å². The molecule has 146 valence electrons. The predicted octanol–water partition coefficient (Wildman–Crippen LogP) is 6.83. The third-order valence-electron chi connectivity index (χ3n) is 4.91. The van der Waals surface area contributed by atoms with Crippen LogP contribution >= 0.6 is 0 Å². The van der Waals surface area contributed by atoms with E-state index in [1.165, 1.54) is 6.07 Å². The van der Waals surface area contributed by atoms with Crippen LogP contribution in [0.3, 0.4) is 0 Å². The highest BCUT2D eigenvalue weighted by Crippen LogP contribution is 2.42. The molecule has 4 rings (SSSR count). The zero-order chi connectivity index (χ0) is 26.1. The fourth-order valence-electron chi connectivity index (χ4n) is 3.76. The molecule has 2 aromatic carbocycles. The van der Waals surface area contributed by atoms with Crippen molar-refractivity contribution in [2.75, 3.05) is 0 Å². The molecule has 0 saturated carbocycles. The summed E-state index contributed by atoms with van der Waals surface area (Å²) in [6.07, 6.45) is -1.63. The summed E-state index contributed by atoms with van der Waals surface area (Å²) in [7, 11) is 1.71. The number of hydrogen-bond acceptors (Lipinski definition) is 1. The minimum Gasteiger partial charge on any atom is -0.466 e. The lowest BCUT2D eigenvalue weighted by molar-refractivity contribution is -0.660. The number of furan rings is 1. The number of para-hydroxylation sites is 1. The van der Waals surface area contributed by atoms with Crippen molar-refractivity contribution in [1.29, 1.82) is 0 Å². The maximum Gasteiger partial charge on any atom is 0.229 e. The summed E-state index contributed by atoms with van der Waals surface area (Å²) in [5, 5.41) is 0.942. The first-order valence-corrected chi connectivity index (χ1v) is 9.48. The molecule has 0 saturated heterocycles. The lowest BCUT2D eigenvalue weighted by Gasteiger charge is -2.18. The van der Waals surface area contributed by atoms with E-state index in [1.54, 1.807) is 48.9 Å². The quantitative estimate of drug-likeness (QED) is 0.272. The molecule has 0 amide bonds. The molecule has 0 spiro atoms. The Morgan fingerprint density at radius 1 is 1.21 bits per heavy atom. The zero-order valence-corrected chi connectivity index (χ0v) is 17.3. The molecule has 0 unspecified atom stereocenters. The van der Waals surface area contributed by atoms with Gasteiger partial charge in [0.2, 0.25) is 11.4 Å². The Bertz CT molecular complexity index is 1530. The first-order chi connectivity index (χ1) is 16.1. The summed E-state index contributed by atoms with van der Waals surface area (Å²) >= 11 is 0. The van der Waals surface area contributed by atoms with Crippen molar-refractivity contribution in [3.05, 3.63) is 70.7 Å². The predicted molar refractivity (Wildman–Crippen MR) is 119 cm³/mol. The highest BCUT2D eigenvalue weighted by molar-refractivity contribution is 6.14. The molecule has 29 heavy (non-hydrogen) atoms. The van der Waals surface area contributed by atoms with E-state index in [0.717, 1.165) is 0 Å². The fraction of sp³-hybridized carbons (Fsp3) is 0.308. The summed E-state index contributed by atoms with van der Waals surface area (Å²) in [6, 6.07) is 9.91. The molecular formula is C26H27N2O+. The number of aromatic nitrogens is 1. The van der Waals surface area contributed by atoms with Gasteiger partial charge in [0.1, 0.15) is 19.6 Å². The average Bonchev–Trinajstić information content (AvgIpc) is 3.13. The SMILES string of the molecule is [2H]c1cc(C([2H])([2H])C(C)(C)C)cc(-c2c(C)cc(C([2H])([2H])[2H])c3c2oc2c([N+]#[C-])cccc23)[n+]1C. The molecule has 0 radical (unpaired) electrons. The minimum atomic E-state index is -2.42. The molecule has 4 aromatic rings. The largest absolute Gasteiger partial charge is 0.466 e. The van der Waals surface area contributed by atoms with Crippen LogP contribution in [0, 0.1) is 25.8 Å². The number of fused-ring (bicyclic) bond motifs is 3. The van der Waals surface area contributed by atoms with Crippen LogP contribution in [0.2, 0.25) is 0 Å². The second-order valence-corrected chi connectivity index (χ2v) is 8.38. The van der Waals surface area contributed by atoms with Crippen LogP contribution in [0.15, 0.2) is 47.0 Å². The van der Waals surface area contributed by atoms with Crippen molar-refractivity contribution in [2.45, 2.75) is 40.9 Å². The van der Waals surface area contributed by atoms with Gasteiger partial charge in [-0.1, -0.05) is 45.0 Å². The monoisotopic (exact) mass is 389 g/mol. The summed E-state index contributed by atoms with van der Waals surface area (Å²) in [5.41, 5.74) is 2.38. The van der Waals surface area contributed by atoms with E-state index in [4.69, 9.17) is 19.2 Å². The number of nitrogens with zero attached hydrogens (tertiary/aromatic N) is 2. The second kappa shape index (κ2) is 6.74. The Morgan fingerprint density at radius 3 is 2.69 bits per heavy atom. The van der Waals surface area contributed by atoms with E-state index in [-0.39, 0.29) is 17.4 Å². The third-order valence-corrected chi connectivity index (χ3v) is 4.91. The van der Waals surface area contributed by atoms with Gasteiger partial charge >= 0.3 is 0 Å². The van der Waals surface area contributed by atoms with Gasteiger partial charge in [-0.3, -0.25) is 0 Å². The lowest BCUT2D eigenvalue weighted by atomic mass is 9.87. The zero-order valence-electron chi connectivity index (χ0n) is 23.3. The summed E-state index contributed by atoms with van der Waals surface area (Å²) in [5.74, 6) is 0. The van der Waals surface area contributed by atoms with E-state index in [2.05, 4.69) is 4.85 Å². The normalized spacial score (nSPS) is 15.9. The second-order valence-electron chi connectivity index (χ2n) is 8.38. The summed E-state index contributed by atoms with van der Waals surface area (Å²) in [4.78, 5) is 3.55. The van der Waals surface area contributed by atoms with Crippen LogP contribution in [0.4, 0.5) is 5.69 Å². The van der Waals surface area contributed by atoms with Crippen molar-refractivity contribution in [3.63, 3.8) is 0 Å². The molecule has 3 heteroatoms. The molecule has 0 N–H and O–H groups in total. The topological polar surface area (TPSA) is 21.4 Å². The Kier molecular flexibility index (Phi) is 3.06. The van der Waals surface area contributed by atoms with Gasteiger partial charge in [-0.15, -0.1) is 0 Å². The highest BCUT2D eigenvalue weighted by atomic mass is 16.3. The van der Waals surface area contributed by atoms with E-state index in [9.17, 15) is 0 Å². The molecule has 0 fully saturated rings. The van der Waals surface area contributed by atoms with Gasteiger partial charge in [-0.2, -0.15) is 0 Å². The average molecular weight is 390 g/mol. The van der Waals surface area contributed by atoms with Crippen LogP contribution in [-0.2, 0) is 13.4 Å². The van der Waals surface area contributed by atoms with Crippen molar-refractivity contribution < 1.29 is 17.2 Å². The lowest BCUT2D eigenvalue weighted by Crippen LogP contribution is -2.31. The first kappa shape index (κ1) is 13.2. The van der Waals surface area contributed by atoms with Gasteiger partial charge in [-0.25, -0.2) is 9.41 Å². The van der Waals surface area contributed by atoms with Gasteiger partial charge in [0.15, 0.2) is 6.17 Å². The van der Waals surface area contributed by atoms with Crippen molar-refractivity contribution in [3.8, 4) is 11.3 Å². The van der Waals surface area contributed by atoms with Crippen LogP contribution in [0.1, 0.15) is 45.7 Å². The molecule has 0 aliphatic carbocycles. The van der Waals surface area contributed by atoms with E-state index >= 15 is 0 Å². The van der Waals surface area contributed by atoms with Crippen LogP contribution in [0.5, 0.6) is 0 Å². The summed E-state index contributed by atoms with van der Waals surface area (Å²) < 4.78 is 58.4. The molecule has 3 nitrogen and oxygen atoms in total. The Labute approximate surface area is 180 Å². The Hall–Kier alpha value is -3.12. The fourth-order valence-corrected chi connectivity index (χ4v) is 3.76. The van der Waals surface area contributed by atoms with Crippen LogP contribution in [0.25, 0.3) is 38.0 Å². The number of pyridine rings is 1. The standard InChI is InChI=1S/C26H27N2O/c1-16-13-17(2)23(21-14-18(11-12-28(21)7)15-26(3,4)5)25-22(16)19-9-8-10-20(27-6)24(19)29-25/h8-14H,15H2,1-5,7H3/q+1/i1D3,12D,15D2. The highest BCUT2D eigenvalue weighted by Gasteiger charge is 2.24.